The monoisotopic (exact) mass is 469 g/mol. The van der Waals surface area contributed by atoms with Crippen LogP contribution >= 0.6 is 0 Å². The molecule has 0 spiro atoms. The van der Waals surface area contributed by atoms with Gasteiger partial charge in [0.1, 0.15) is 5.75 Å². The molecule has 0 aliphatic carbocycles. The molecule has 2 N–H and O–H groups in total. The number of nitrogens with zero attached hydrogens (tertiary/aromatic N) is 4. The van der Waals surface area contributed by atoms with Crippen LogP contribution in [0.2, 0.25) is 0 Å². The SMILES string of the molecule is O=C(COc1ccccc1[N+](=O)[O-])N/N=C\c1cc(N=Nc2cccc3ccccc23)ccc1O. The molecule has 0 unspecified atom stereocenters. The average molecular weight is 469 g/mol. The second-order valence-corrected chi connectivity index (χ2v) is 7.25. The lowest BCUT2D eigenvalue weighted by Gasteiger charge is -2.05. The highest BCUT2D eigenvalue weighted by molar-refractivity contribution is 5.92. The number of hydrazone groups is 1. The third-order valence-electron chi connectivity index (χ3n) is 4.86. The molecule has 0 bridgehead atoms. The number of fused-ring (bicyclic) bond motifs is 1. The normalized spacial score (nSPS) is 11.2. The molecule has 0 aliphatic rings. The summed E-state index contributed by atoms with van der Waals surface area (Å²) < 4.78 is 5.21. The number of nitro benzene ring substituents is 1. The summed E-state index contributed by atoms with van der Waals surface area (Å²) in [6, 6.07) is 23.9. The lowest BCUT2D eigenvalue weighted by Crippen LogP contribution is -2.24. The summed E-state index contributed by atoms with van der Waals surface area (Å²) in [4.78, 5) is 22.4. The molecule has 10 heteroatoms. The number of hydrogen-bond acceptors (Lipinski definition) is 8. The Hall–Kier alpha value is -5.12. The molecule has 0 fully saturated rings. The molecule has 4 rings (SSSR count). The van der Waals surface area contributed by atoms with Crippen LogP contribution in [0, 0.1) is 10.1 Å². The molecule has 0 saturated carbocycles. The van der Waals surface area contributed by atoms with Crippen molar-refractivity contribution in [3.05, 3.63) is 101 Å². The van der Waals surface area contributed by atoms with Crippen molar-refractivity contribution in [2.24, 2.45) is 15.3 Å². The van der Waals surface area contributed by atoms with Gasteiger partial charge in [-0.15, -0.1) is 5.11 Å². The Bertz CT molecular complexity index is 1450. The molecular formula is C25H19N5O5. The van der Waals surface area contributed by atoms with Crippen molar-refractivity contribution >= 4 is 40.0 Å². The van der Waals surface area contributed by atoms with Crippen LogP contribution < -0.4 is 10.2 Å². The van der Waals surface area contributed by atoms with Crippen molar-refractivity contribution in [3.63, 3.8) is 0 Å². The third-order valence-corrected chi connectivity index (χ3v) is 4.86. The minimum absolute atomic E-state index is 0.0291. The molecule has 0 aromatic heterocycles. The molecule has 0 aliphatic heterocycles. The first-order valence-electron chi connectivity index (χ1n) is 10.4. The van der Waals surface area contributed by atoms with Crippen LogP contribution in [0.3, 0.4) is 0 Å². The maximum absolute atomic E-state index is 12.0. The predicted molar refractivity (Wildman–Crippen MR) is 131 cm³/mol. The molecule has 174 valence electrons. The van der Waals surface area contributed by atoms with Crippen molar-refractivity contribution in [2.75, 3.05) is 6.61 Å². The van der Waals surface area contributed by atoms with Gasteiger partial charge in [0.2, 0.25) is 0 Å². The second-order valence-electron chi connectivity index (χ2n) is 7.25. The smallest absolute Gasteiger partial charge is 0.310 e. The topological polar surface area (TPSA) is 139 Å². The van der Waals surface area contributed by atoms with Gasteiger partial charge in [-0.3, -0.25) is 14.9 Å². The van der Waals surface area contributed by atoms with E-state index in [2.05, 4.69) is 20.8 Å². The maximum Gasteiger partial charge on any atom is 0.310 e. The zero-order valence-electron chi connectivity index (χ0n) is 18.2. The van der Waals surface area contributed by atoms with E-state index in [-0.39, 0.29) is 17.2 Å². The first-order valence-corrected chi connectivity index (χ1v) is 10.4. The summed E-state index contributed by atoms with van der Waals surface area (Å²) in [5.74, 6) is -0.729. The number of carbonyl (C=O) groups excluding carboxylic acids is 1. The van der Waals surface area contributed by atoms with Crippen LogP contribution in [0.1, 0.15) is 5.56 Å². The first-order chi connectivity index (χ1) is 17.0. The Balaban J connectivity index is 1.40. The van der Waals surface area contributed by atoms with Gasteiger partial charge in [0.15, 0.2) is 12.4 Å². The zero-order valence-corrected chi connectivity index (χ0v) is 18.2. The van der Waals surface area contributed by atoms with E-state index in [1.807, 2.05) is 42.5 Å². The number of hydrogen-bond donors (Lipinski definition) is 2. The van der Waals surface area contributed by atoms with Crippen LogP contribution in [-0.4, -0.2) is 28.8 Å². The fourth-order valence-corrected chi connectivity index (χ4v) is 3.19. The van der Waals surface area contributed by atoms with E-state index >= 15 is 0 Å². The van der Waals surface area contributed by atoms with Crippen LogP contribution in [0.25, 0.3) is 10.8 Å². The number of nitro groups is 1. The van der Waals surface area contributed by atoms with Gasteiger partial charge < -0.3 is 9.84 Å². The number of azo groups is 1. The number of rotatable bonds is 8. The lowest BCUT2D eigenvalue weighted by molar-refractivity contribution is -0.385. The molecule has 4 aromatic carbocycles. The number of phenols is 1. The van der Waals surface area contributed by atoms with E-state index < -0.39 is 17.4 Å². The molecule has 10 nitrogen and oxygen atoms in total. The molecule has 0 atom stereocenters. The van der Waals surface area contributed by atoms with Crippen LogP contribution in [0.4, 0.5) is 17.1 Å². The molecular weight excluding hydrogens is 450 g/mol. The number of aromatic hydroxyl groups is 1. The van der Waals surface area contributed by atoms with Gasteiger partial charge in [-0.1, -0.05) is 48.5 Å². The summed E-state index contributed by atoms with van der Waals surface area (Å²) in [6.07, 6.45) is 1.25. The average Bonchev–Trinajstić information content (AvgIpc) is 2.87. The predicted octanol–water partition coefficient (Wildman–Crippen LogP) is 5.40. The number of ether oxygens (including phenoxy) is 1. The van der Waals surface area contributed by atoms with E-state index in [4.69, 9.17) is 4.74 Å². The Morgan fingerprint density at radius 2 is 1.77 bits per heavy atom. The van der Waals surface area contributed by atoms with E-state index in [9.17, 15) is 20.0 Å². The largest absolute Gasteiger partial charge is 0.507 e. The second kappa shape index (κ2) is 10.7. The van der Waals surface area contributed by atoms with Crippen molar-refractivity contribution in [2.45, 2.75) is 0 Å². The molecule has 4 aromatic rings. The van der Waals surface area contributed by atoms with Crippen molar-refractivity contribution in [1.29, 1.82) is 0 Å². The molecule has 0 saturated heterocycles. The van der Waals surface area contributed by atoms with Crippen molar-refractivity contribution < 1.29 is 19.6 Å². The number of nitrogens with one attached hydrogen (secondary N) is 1. The van der Waals surface area contributed by atoms with Gasteiger partial charge in [-0.05, 0) is 35.7 Å². The van der Waals surface area contributed by atoms with Gasteiger partial charge in [0.05, 0.1) is 22.5 Å². The summed E-state index contributed by atoms with van der Waals surface area (Å²) in [5, 5.41) is 35.5. The molecule has 0 radical (unpaired) electrons. The van der Waals surface area contributed by atoms with E-state index in [1.54, 1.807) is 18.2 Å². The molecule has 1 amide bonds. The first kappa shape index (κ1) is 23.1. The van der Waals surface area contributed by atoms with E-state index in [1.165, 1.54) is 30.5 Å². The third kappa shape index (κ3) is 5.82. The maximum atomic E-state index is 12.0. The van der Waals surface area contributed by atoms with E-state index in [0.29, 0.717) is 16.9 Å². The standard InChI is InChI=1S/C25H19N5O5/c31-23-13-12-19(27-28-21-9-5-7-17-6-1-2-8-20(17)21)14-18(23)15-26-29-25(32)16-35-24-11-4-3-10-22(24)30(33)34/h1-15,31H,16H2,(H,29,32)/b26-15-,28-27?. The van der Waals surface area contributed by atoms with Crippen LogP contribution in [-0.2, 0) is 4.79 Å². The Kier molecular flexibility index (Phi) is 7.02. The van der Waals surface area contributed by atoms with Gasteiger partial charge in [-0.2, -0.15) is 10.2 Å². The van der Waals surface area contributed by atoms with Crippen molar-refractivity contribution in [3.8, 4) is 11.5 Å². The van der Waals surface area contributed by atoms with Crippen molar-refractivity contribution in [1.82, 2.24) is 5.43 Å². The highest BCUT2D eigenvalue weighted by Crippen LogP contribution is 2.29. The lowest BCUT2D eigenvalue weighted by atomic mass is 10.1. The molecule has 35 heavy (non-hydrogen) atoms. The minimum Gasteiger partial charge on any atom is -0.507 e. The number of phenolic OH excluding ortho intramolecular Hbond substituents is 1. The number of amides is 1. The van der Waals surface area contributed by atoms with Gasteiger partial charge in [-0.25, -0.2) is 5.43 Å². The Morgan fingerprint density at radius 1 is 1.00 bits per heavy atom. The summed E-state index contributed by atoms with van der Waals surface area (Å²) >= 11 is 0. The summed E-state index contributed by atoms with van der Waals surface area (Å²) in [5.41, 5.74) is 3.48. The fraction of sp³-hybridized carbons (Fsp3) is 0.0400. The van der Waals surface area contributed by atoms with Crippen LogP contribution in [0.5, 0.6) is 11.5 Å². The van der Waals surface area contributed by atoms with E-state index in [0.717, 1.165) is 10.8 Å². The summed E-state index contributed by atoms with van der Waals surface area (Å²) in [6.45, 7) is -0.479. The number of benzene rings is 4. The zero-order chi connectivity index (χ0) is 24.6. The van der Waals surface area contributed by atoms with Gasteiger partial charge in [0, 0.05) is 17.0 Å². The Morgan fingerprint density at radius 3 is 2.63 bits per heavy atom. The highest BCUT2D eigenvalue weighted by Gasteiger charge is 2.14. The number of carbonyl (C=O) groups is 1. The molecule has 0 heterocycles. The van der Waals surface area contributed by atoms with Crippen LogP contribution in [0.15, 0.2) is 100 Å². The minimum atomic E-state index is -0.634. The highest BCUT2D eigenvalue weighted by atomic mass is 16.6. The number of para-hydroxylation sites is 2. The Labute approximate surface area is 199 Å². The fourth-order valence-electron chi connectivity index (χ4n) is 3.19. The summed E-state index contributed by atoms with van der Waals surface area (Å²) in [7, 11) is 0. The quantitative estimate of drug-likeness (QED) is 0.154. The van der Waals surface area contributed by atoms with Gasteiger partial charge in [0.25, 0.3) is 5.91 Å². The van der Waals surface area contributed by atoms with Gasteiger partial charge >= 0.3 is 5.69 Å².